The molecule has 1 heterocycles. The zero-order valence-electron chi connectivity index (χ0n) is 10.8. The maximum absolute atomic E-state index is 12.4. The van der Waals surface area contributed by atoms with Crippen LogP contribution in [0.15, 0.2) is 24.3 Å². The Balaban J connectivity index is 2.25. The molecule has 0 atom stereocenters. The molecular formula is C13H12F3N3O. The zero-order chi connectivity index (χ0) is 14.9. The van der Waals surface area contributed by atoms with Crippen molar-refractivity contribution in [2.75, 3.05) is 5.73 Å². The number of nitrogens with two attached hydrogens (primary N) is 1. The lowest BCUT2D eigenvalue weighted by Crippen LogP contribution is -2.09. The molecule has 20 heavy (non-hydrogen) atoms. The molecule has 0 fully saturated rings. The van der Waals surface area contributed by atoms with Gasteiger partial charge in [0.05, 0.1) is 0 Å². The Hall–Kier alpha value is -2.31. The number of aryl methyl sites for hydroxylation is 2. The van der Waals surface area contributed by atoms with E-state index in [1.54, 1.807) is 26.0 Å². The van der Waals surface area contributed by atoms with Crippen LogP contribution in [-0.4, -0.2) is 10.2 Å². The molecule has 0 bridgehead atoms. The summed E-state index contributed by atoms with van der Waals surface area (Å²) < 4.78 is 42.5. The lowest BCUT2D eigenvalue weighted by Gasteiger charge is -2.11. The highest BCUT2D eigenvalue weighted by atomic mass is 19.4. The van der Waals surface area contributed by atoms with Crippen LogP contribution in [0.4, 0.5) is 18.9 Å². The molecule has 0 unspecified atom stereocenters. The second-order valence-corrected chi connectivity index (χ2v) is 4.33. The maximum Gasteiger partial charge on any atom is 0.435 e. The predicted molar refractivity (Wildman–Crippen MR) is 67.4 cm³/mol. The number of hydrogen-bond donors (Lipinski definition) is 1. The highest BCUT2D eigenvalue weighted by Gasteiger charge is 2.33. The van der Waals surface area contributed by atoms with Gasteiger partial charge in [0.2, 0.25) is 5.88 Å². The van der Waals surface area contributed by atoms with E-state index in [2.05, 4.69) is 10.2 Å². The average molecular weight is 283 g/mol. The first-order valence-corrected chi connectivity index (χ1v) is 5.73. The Kier molecular flexibility index (Phi) is 3.52. The molecule has 106 valence electrons. The number of benzene rings is 1. The third kappa shape index (κ3) is 2.98. The van der Waals surface area contributed by atoms with Crippen molar-refractivity contribution in [3.63, 3.8) is 0 Å². The summed E-state index contributed by atoms with van der Waals surface area (Å²) in [6.07, 6.45) is -4.51. The van der Waals surface area contributed by atoms with Crippen molar-refractivity contribution in [2.45, 2.75) is 20.0 Å². The van der Waals surface area contributed by atoms with Crippen LogP contribution in [0, 0.1) is 13.8 Å². The van der Waals surface area contributed by atoms with Crippen molar-refractivity contribution < 1.29 is 17.9 Å². The van der Waals surface area contributed by atoms with Gasteiger partial charge in [-0.25, -0.2) is 0 Å². The summed E-state index contributed by atoms with van der Waals surface area (Å²) in [7, 11) is 0. The minimum absolute atomic E-state index is 0.00901. The van der Waals surface area contributed by atoms with Crippen molar-refractivity contribution in [3.8, 4) is 11.6 Å². The molecule has 0 aliphatic rings. The Morgan fingerprint density at radius 3 is 2.30 bits per heavy atom. The highest BCUT2D eigenvalue weighted by molar-refractivity contribution is 5.54. The number of hydrogen-bond acceptors (Lipinski definition) is 4. The molecule has 4 nitrogen and oxygen atoms in total. The molecular weight excluding hydrogens is 271 g/mol. The van der Waals surface area contributed by atoms with Gasteiger partial charge in [-0.3, -0.25) is 0 Å². The Bertz CT molecular complexity index is 624. The normalized spacial score (nSPS) is 11.4. The van der Waals surface area contributed by atoms with Gasteiger partial charge < -0.3 is 10.5 Å². The number of nitrogen functional groups attached to an aromatic ring is 1. The minimum atomic E-state index is -4.51. The Labute approximate surface area is 113 Å². The highest BCUT2D eigenvalue weighted by Crippen LogP contribution is 2.30. The van der Waals surface area contributed by atoms with Gasteiger partial charge in [0, 0.05) is 11.8 Å². The van der Waals surface area contributed by atoms with E-state index < -0.39 is 11.9 Å². The molecule has 0 aliphatic heterocycles. The largest absolute Gasteiger partial charge is 0.437 e. The van der Waals surface area contributed by atoms with Crippen molar-refractivity contribution in [1.29, 1.82) is 0 Å². The van der Waals surface area contributed by atoms with Gasteiger partial charge in [-0.05, 0) is 43.2 Å². The number of rotatable bonds is 2. The summed E-state index contributed by atoms with van der Waals surface area (Å²) in [4.78, 5) is 0. The number of nitrogens with zero attached hydrogens (tertiary/aromatic N) is 2. The van der Waals surface area contributed by atoms with Crippen molar-refractivity contribution in [1.82, 2.24) is 10.2 Å². The fourth-order valence-electron chi connectivity index (χ4n) is 1.56. The molecule has 1 aromatic carbocycles. The van der Waals surface area contributed by atoms with Crippen molar-refractivity contribution >= 4 is 5.69 Å². The van der Waals surface area contributed by atoms with Crippen LogP contribution in [0.25, 0.3) is 0 Å². The van der Waals surface area contributed by atoms with Crippen LogP contribution < -0.4 is 10.5 Å². The first-order valence-electron chi connectivity index (χ1n) is 5.73. The molecule has 0 amide bonds. The fraction of sp³-hybridized carbons (Fsp3) is 0.231. The van der Waals surface area contributed by atoms with Crippen LogP contribution >= 0.6 is 0 Å². The number of aromatic nitrogens is 2. The van der Waals surface area contributed by atoms with E-state index in [0.29, 0.717) is 11.4 Å². The van der Waals surface area contributed by atoms with Gasteiger partial charge in [-0.15, -0.1) is 10.2 Å². The molecule has 0 saturated carbocycles. The third-order valence-electron chi connectivity index (χ3n) is 2.71. The third-order valence-corrected chi connectivity index (χ3v) is 2.71. The summed E-state index contributed by atoms with van der Waals surface area (Å²) >= 11 is 0. The second kappa shape index (κ2) is 4.99. The lowest BCUT2D eigenvalue weighted by atomic mass is 10.1. The SMILES string of the molecule is Cc1cc(Oc2ccc(C(F)(F)F)nn2)c(C)cc1N. The van der Waals surface area contributed by atoms with Gasteiger partial charge in [0.15, 0.2) is 5.69 Å². The summed E-state index contributed by atoms with van der Waals surface area (Å²) in [5, 5.41) is 6.50. The van der Waals surface area contributed by atoms with Gasteiger partial charge in [0.25, 0.3) is 0 Å². The first-order chi connectivity index (χ1) is 9.27. The van der Waals surface area contributed by atoms with Crippen LogP contribution in [-0.2, 0) is 6.18 Å². The summed E-state index contributed by atoms with van der Waals surface area (Å²) in [5.74, 6) is 0.469. The lowest BCUT2D eigenvalue weighted by molar-refractivity contribution is -0.141. The van der Waals surface area contributed by atoms with Crippen molar-refractivity contribution in [3.05, 3.63) is 41.1 Å². The number of ether oxygens (including phenoxy) is 1. The second-order valence-electron chi connectivity index (χ2n) is 4.33. The molecule has 1 aromatic heterocycles. The Morgan fingerprint density at radius 2 is 1.75 bits per heavy atom. The van der Waals surface area contributed by atoms with E-state index in [-0.39, 0.29) is 5.88 Å². The average Bonchev–Trinajstić information content (AvgIpc) is 2.35. The van der Waals surface area contributed by atoms with Gasteiger partial charge in [0.1, 0.15) is 5.75 Å². The minimum Gasteiger partial charge on any atom is -0.437 e. The topological polar surface area (TPSA) is 61.0 Å². The van der Waals surface area contributed by atoms with Gasteiger partial charge >= 0.3 is 6.18 Å². The molecule has 2 rings (SSSR count). The molecule has 0 saturated heterocycles. The first kappa shape index (κ1) is 14.1. The predicted octanol–water partition coefficient (Wildman–Crippen LogP) is 3.49. The van der Waals surface area contributed by atoms with Crippen LogP contribution in [0.3, 0.4) is 0 Å². The molecule has 0 spiro atoms. The van der Waals surface area contributed by atoms with Crippen LogP contribution in [0.1, 0.15) is 16.8 Å². The zero-order valence-corrected chi connectivity index (χ0v) is 10.8. The maximum atomic E-state index is 12.4. The summed E-state index contributed by atoms with van der Waals surface area (Å²) in [6.45, 7) is 3.59. The van der Waals surface area contributed by atoms with Crippen molar-refractivity contribution in [2.24, 2.45) is 0 Å². The molecule has 7 heteroatoms. The van der Waals surface area contributed by atoms with E-state index >= 15 is 0 Å². The van der Waals surface area contributed by atoms with E-state index in [1.165, 1.54) is 0 Å². The van der Waals surface area contributed by atoms with Crippen LogP contribution in [0.5, 0.6) is 11.6 Å². The van der Waals surface area contributed by atoms with Gasteiger partial charge in [-0.1, -0.05) is 0 Å². The monoisotopic (exact) mass is 283 g/mol. The number of anilines is 1. The van der Waals surface area contributed by atoms with E-state index in [4.69, 9.17) is 10.5 Å². The van der Waals surface area contributed by atoms with Gasteiger partial charge in [-0.2, -0.15) is 13.2 Å². The van der Waals surface area contributed by atoms with E-state index in [1.807, 2.05) is 0 Å². The van der Waals surface area contributed by atoms with E-state index in [9.17, 15) is 13.2 Å². The standard InChI is InChI=1S/C13H12F3N3O/c1-7-6-10(8(2)5-9(7)17)20-12-4-3-11(18-19-12)13(14,15)16/h3-6H,17H2,1-2H3. The quantitative estimate of drug-likeness (QED) is 0.857. The molecule has 0 radical (unpaired) electrons. The van der Waals surface area contributed by atoms with Crippen LogP contribution in [0.2, 0.25) is 0 Å². The number of alkyl halides is 3. The molecule has 2 aromatic rings. The summed E-state index contributed by atoms with van der Waals surface area (Å²) in [5.41, 5.74) is 6.87. The Morgan fingerprint density at radius 1 is 1.05 bits per heavy atom. The van der Waals surface area contributed by atoms with E-state index in [0.717, 1.165) is 23.3 Å². The fourth-order valence-corrected chi connectivity index (χ4v) is 1.56. The smallest absolute Gasteiger partial charge is 0.435 e. The number of halogens is 3. The summed E-state index contributed by atoms with van der Waals surface area (Å²) in [6, 6.07) is 5.37. The molecule has 2 N–H and O–H groups in total. The molecule has 0 aliphatic carbocycles.